The predicted molar refractivity (Wildman–Crippen MR) is 120 cm³/mol. The second kappa shape index (κ2) is 7.69. The van der Waals surface area contributed by atoms with Crippen molar-refractivity contribution in [3.63, 3.8) is 0 Å². The van der Waals surface area contributed by atoms with Crippen molar-refractivity contribution >= 4 is 38.5 Å². The molecule has 0 radical (unpaired) electrons. The van der Waals surface area contributed by atoms with Crippen LogP contribution in [0.25, 0.3) is 10.9 Å². The van der Waals surface area contributed by atoms with Crippen molar-refractivity contribution in [3.05, 3.63) is 63.9 Å². The zero-order valence-electron chi connectivity index (χ0n) is 17.4. The van der Waals surface area contributed by atoms with Gasteiger partial charge < -0.3 is 0 Å². The lowest BCUT2D eigenvalue weighted by Crippen LogP contribution is -2.34. The molecule has 1 amide bonds. The van der Waals surface area contributed by atoms with E-state index >= 15 is 0 Å². The van der Waals surface area contributed by atoms with E-state index in [1.54, 1.807) is 42.5 Å². The molecule has 31 heavy (non-hydrogen) atoms. The first-order valence-electron chi connectivity index (χ1n) is 9.89. The Morgan fingerprint density at radius 2 is 1.97 bits per heavy atom. The fourth-order valence-corrected chi connectivity index (χ4v) is 5.25. The summed E-state index contributed by atoms with van der Waals surface area (Å²) < 4.78 is 27.0. The van der Waals surface area contributed by atoms with E-state index in [4.69, 9.17) is 0 Å². The molecule has 2 heterocycles. The summed E-state index contributed by atoms with van der Waals surface area (Å²) in [5.41, 5.74) is 7.43. The Morgan fingerprint density at radius 3 is 2.68 bits per heavy atom. The summed E-state index contributed by atoms with van der Waals surface area (Å²) >= 11 is 0. The number of carbonyl (C=O) groups is 1. The third-order valence-corrected chi connectivity index (χ3v) is 6.59. The van der Waals surface area contributed by atoms with Gasteiger partial charge in [0.15, 0.2) is 0 Å². The standard InChI is InChI=1S/C21H23N5O4S/c1-4-25-20(28)16-7-5-6-8-17(16)22-21(25)24-23-19(27)14-9-10-18-15(12-14)11-13(2)26(18)31(3,29)30/h5-10,12-13H,4,11H2,1-3H3,(H,22,24)(H,23,27)/t13-/m0/s1. The first-order valence-corrected chi connectivity index (χ1v) is 11.7. The number of hydrazine groups is 1. The Morgan fingerprint density at radius 1 is 1.23 bits per heavy atom. The zero-order chi connectivity index (χ0) is 22.3. The summed E-state index contributed by atoms with van der Waals surface area (Å²) in [7, 11) is -3.39. The minimum absolute atomic E-state index is 0.197. The molecule has 1 atom stereocenters. The third-order valence-electron chi connectivity index (χ3n) is 5.32. The van der Waals surface area contributed by atoms with Crippen LogP contribution >= 0.6 is 0 Å². The highest BCUT2D eigenvalue weighted by Gasteiger charge is 2.32. The molecule has 162 valence electrons. The fraction of sp³-hybridized carbons (Fsp3) is 0.286. The van der Waals surface area contributed by atoms with Crippen LogP contribution in [0.2, 0.25) is 0 Å². The molecule has 0 unspecified atom stereocenters. The topological polar surface area (TPSA) is 113 Å². The molecule has 1 aliphatic rings. The number of para-hydroxylation sites is 1. The Bertz CT molecular complexity index is 1350. The van der Waals surface area contributed by atoms with E-state index in [1.807, 2.05) is 13.8 Å². The van der Waals surface area contributed by atoms with Gasteiger partial charge in [-0.1, -0.05) is 12.1 Å². The van der Waals surface area contributed by atoms with E-state index in [9.17, 15) is 18.0 Å². The maximum atomic E-state index is 12.7. The maximum absolute atomic E-state index is 12.7. The number of sulfonamides is 1. The normalized spacial score (nSPS) is 15.7. The van der Waals surface area contributed by atoms with Gasteiger partial charge in [-0.2, -0.15) is 0 Å². The van der Waals surface area contributed by atoms with Crippen molar-refractivity contribution in [1.29, 1.82) is 0 Å². The van der Waals surface area contributed by atoms with Crippen LogP contribution in [0.1, 0.15) is 29.8 Å². The average molecular weight is 442 g/mol. The molecule has 2 N–H and O–H groups in total. The summed E-state index contributed by atoms with van der Waals surface area (Å²) in [5, 5.41) is 0.504. The molecule has 10 heteroatoms. The van der Waals surface area contributed by atoms with Crippen LogP contribution in [0, 0.1) is 0 Å². The Kier molecular flexibility index (Phi) is 5.18. The van der Waals surface area contributed by atoms with E-state index in [-0.39, 0.29) is 17.5 Å². The second-order valence-electron chi connectivity index (χ2n) is 7.54. The van der Waals surface area contributed by atoms with Gasteiger partial charge in [0.2, 0.25) is 16.0 Å². The number of benzene rings is 2. The Labute approximate surface area is 179 Å². The van der Waals surface area contributed by atoms with Gasteiger partial charge in [-0.25, -0.2) is 13.4 Å². The Balaban J connectivity index is 1.58. The molecule has 0 bridgehead atoms. The first kappa shape index (κ1) is 20.9. The summed E-state index contributed by atoms with van der Waals surface area (Å²) in [4.78, 5) is 29.8. The van der Waals surface area contributed by atoms with E-state index < -0.39 is 15.9 Å². The van der Waals surface area contributed by atoms with Crippen LogP contribution in [-0.4, -0.2) is 36.2 Å². The number of fused-ring (bicyclic) bond motifs is 2. The highest BCUT2D eigenvalue weighted by Crippen LogP contribution is 2.34. The van der Waals surface area contributed by atoms with Gasteiger partial charge in [0, 0.05) is 18.2 Å². The molecule has 2 aromatic carbocycles. The largest absolute Gasteiger partial charge is 0.277 e. The third kappa shape index (κ3) is 3.74. The van der Waals surface area contributed by atoms with Crippen molar-refractivity contribution in [2.75, 3.05) is 16.0 Å². The molecule has 0 aliphatic carbocycles. The molecule has 1 aromatic heterocycles. The van der Waals surface area contributed by atoms with Crippen LogP contribution in [0.3, 0.4) is 0 Å². The molecule has 9 nitrogen and oxygen atoms in total. The van der Waals surface area contributed by atoms with Crippen LogP contribution in [0.4, 0.5) is 11.6 Å². The van der Waals surface area contributed by atoms with Gasteiger partial charge in [-0.3, -0.25) is 29.3 Å². The van der Waals surface area contributed by atoms with Gasteiger partial charge in [0.05, 0.1) is 22.8 Å². The Hall–Kier alpha value is -3.40. The van der Waals surface area contributed by atoms with E-state index in [0.29, 0.717) is 35.1 Å². The van der Waals surface area contributed by atoms with E-state index in [2.05, 4.69) is 15.8 Å². The van der Waals surface area contributed by atoms with E-state index in [0.717, 1.165) is 5.56 Å². The molecule has 1 aliphatic heterocycles. The number of aromatic nitrogens is 2. The van der Waals surface area contributed by atoms with Gasteiger partial charge in [-0.15, -0.1) is 0 Å². The van der Waals surface area contributed by atoms with Crippen molar-refractivity contribution in [3.8, 4) is 0 Å². The predicted octanol–water partition coefficient (Wildman–Crippen LogP) is 1.88. The number of hydrogen-bond donors (Lipinski definition) is 2. The lowest BCUT2D eigenvalue weighted by Gasteiger charge is -2.22. The average Bonchev–Trinajstić information content (AvgIpc) is 3.07. The summed E-state index contributed by atoms with van der Waals surface area (Å²) in [6.45, 7) is 4.03. The molecular weight excluding hydrogens is 418 g/mol. The van der Waals surface area contributed by atoms with Gasteiger partial charge in [-0.05, 0) is 56.2 Å². The fourth-order valence-electron chi connectivity index (χ4n) is 3.99. The van der Waals surface area contributed by atoms with Crippen molar-refractivity contribution in [2.24, 2.45) is 0 Å². The van der Waals surface area contributed by atoms with Crippen LogP contribution in [0.15, 0.2) is 47.3 Å². The van der Waals surface area contributed by atoms with Crippen molar-refractivity contribution in [2.45, 2.75) is 32.9 Å². The van der Waals surface area contributed by atoms with Gasteiger partial charge in [0.25, 0.3) is 11.5 Å². The SMILES string of the molecule is CCn1c(NNC(=O)c2ccc3c(c2)C[C@H](C)N3S(C)(=O)=O)nc2ccccc2c1=O. The minimum atomic E-state index is -3.39. The molecular formula is C21H23N5O4S. The number of nitrogens with zero attached hydrogens (tertiary/aromatic N) is 3. The number of anilines is 2. The number of amides is 1. The number of rotatable bonds is 5. The van der Waals surface area contributed by atoms with Crippen LogP contribution in [0.5, 0.6) is 0 Å². The summed E-state index contributed by atoms with van der Waals surface area (Å²) in [6.07, 6.45) is 1.70. The lowest BCUT2D eigenvalue weighted by molar-refractivity contribution is 0.0962. The maximum Gasteiger partial charge on any atom is 0.269 e. The number of nitrogens with one attached hydrogen (secondary N) is 2. The molecule has 0 saturated carbocycles. The highest BCUT2D eigenvalue weighted by molar-refractivity contribution is 7.92. The lowest BCUT2D eigenvalue weighted by atomic mass is 10.1. The zero-order valence-corrected chi connectivity index (χ0v) is 18.2. The number of carbonyl (C=O) groups excluding carboxylic acids is 1. The molecule has 0 saturated heterocycles. The van der Waals surface area contributed by atoms with Crippen molar-refractivity contribution in [1.82, 2.24) is 15.0 Å². The summed E-state index contributed by atoms with van der Waals surface area (Å²) in [6, 6.07) is 11.7. The summed E-state index contributed by atoms with van der Waals surface area (Å²) in [5.74, 6) is -0.184. The smallest absolute Gasteiger partial charge is 0.269 e. The highest BCUT2D eigenvalue weighted by atomic mass is 32.2. The molecule has 4 rings (SSSR count). The van der Waals surface area contributed by atoms with Crippen LogP contribution < -0.4 is 20.7 Å². The monoisotopic (exact) mass is 441 g/mol. The minimum Gasteiger partial charge on any atom is -0.277 e. The van der Waals surface area contributed by atoms with Crippen molar-refractivity contribution < 1.29 is 13.2 Å². The van der Waals surface area contributed by atoms with E-state index in [1.165, 1.54) is 15.1 Å². The quantitative estimate of drug-likeness (QED) is 0.585. The first-order chi connectivity index (χ1) is 14.7. The molecule has 0 fully saturated rings. The van der Waals surface area contributed by atoms with Crippen LogP contribution in [-0.2, 0) is 23.0 Å². The number of hydrogen-bond acceptors (Lipinski definition) is 6. The molecule has 0 spiro atoms. The second-order valence-corrected chi connectivity index (χ2v) is 9.40. The van der Waals surface area contributed by atoms with Gasteiger partial charge in [0.1, 0.15) is 0 Å². The van der Waals surface area contributed by atoms with Gasteiger partial charge >= 0.3 is 0 Å². The molecule has 3 aromatic rings.